The average molecular weight is 298 g/mol. The molecule has 0 unspecified atom stereocenters. The Labute approximate surface area is 129 Å². The van der Waals surface area contributed by atoms with Crippen molar-refractivity contribution in [3.05, 3.63) is 60.1 Å². The highest BCUT2D eigenvalue weighted by Gasteiger charge is 2.02. The van der Waals surface area contributed by atoms with Crippen molar-refractivity contribution in [2.24, 2.45) is 0 Å². The van der Waals surface area contributed by atoms with Gasteiger partial charge in [-0.15, -0.1) is 11.7 Å². The second-order valence-electron chi connectivity index (χ2n) is 4.51. The molecule has 1 N–H and O–H groups in total. The summed E-state index contributed by atoms with van der Waals surface area (Å²) in [5.41, 5.74) is 3.90. The molecule has 0 atom stereocenters. The molecule has 0 aliphatic carbocycles. The zero-order valence-corrected chi connectivity index (χ0v) is 13.0. The van der Waals surface area contributed by atoms with E-state index in [2.05, 4.69) is 46.1 Å². The van der Waals surface area contributed by atoms with E-state index in [1.54, 1.807) is 0 Å². The molecule has 0 spiro atoms. The minimum absolute atomic E-state index is 0.662. The first kappa shape index (κ1) is 15.3. The van der Waals surface area contributed by atoms with E-state index in [4.69, 9.17) is 0 Å². The molecule has 108 valence electrons. The van der Waals surface area contributed by atoms with Crippen molar-refractivity contribution in [1.82, 2.24) is 15.2 Å². The monoisotopic (exact) mass is 298 g/mol. The first-order valence-corrected chi connectivity index (χ1v) is 7.62. The number of nitrogens with zero attached hydrogens (tertiary/aromatic N) is 3. The summed E-state index contributed by atoms with van der Waals surface area (Å²) in [5.74, 6) is 0.773. The van der Waals surface area contributed by atoms with Gasteiger partial charge in [-0.2, -0.15) is 5.10 Å². The van der Waals surface area contributed by atoms with E-state index >= 15 is 0 Å². The summed E-state index contributed by atoms with van der Waals surface area (Å²) in [4.78, 5) is 4.47. The van der Waals surface area contributed by atoms with E-state index in [-0.39, 0.29) is 0 Å². The number of aryl methyl sites for hydroxylation is 2. The second kappa shape index (κ2) is 7.59. The van der Waals surface area contributed by atoms with Gasteiger partial charge in [-0.25, -0.2) is 4.98 Å². The predicted octanol–water partition coefficient (Wildman–Crippen LogP) is 3.85. The molecular weight excluding hydrogens is 280 g/mol. The molecule has 2 aromatic rings. The smallest absolute Gasteiger partial charge is 0.209 e. The lowest BCUT2D eigenvalue weighted by Gasteiger charge is -2.03. The standard InChI is InChI=1S/C16H18N4S/c1-4-11-21-16-18-15(13(3)19-20-16)9-10-17-14-7-5-12(2)6-8-14/h4-10,17H,1,11H2,2-3H3. The molecule has 0 fully saturated rings. The van der Waals surface area contributed by atoms with Crippen molar-refractivity contribution in [3.8, 4) is 0 Å². The molecule has 2 rings (SSSR count). The summed E-state index contributed by atoms with van der Waals surface area (Å²) in [6, 6.07) is 8.21. The number of nitrogens with one attached hydrogen (secondary N) is 1. The van der Waals surface area contributed by atoms with Crippen molar-refractivity contribution in [2.45, 2.75) is 19.0 Å². The highest BCUT2D eigenvalue weighted by atomic mass is 32.2. The lowest BCUT2D eigenvalue weighted by Crippen LogP contribution is -1.99. The quantitative estimate of drug-likeness (QED) is 0.648. The molecule has 0 aliphatic heterocycles. The highest BCUT2D eigenvalue weighted by Crippen LogP contribution is 2.14. The summed E-state index contributed by atoms with van der Waals surface area (Å²) in [6.45, 7) is 7.65. The Kier molecular flexibility index (Phi) is 5.51. The number of aromatic nitrogens is 3. The van der Waals surface area contributed by atoms with Crippen LogP contribution in [0.15, 0.2) is 48.3 Å². The van der Waals surface area contributed by atoms with Crippen LogP contribution in [-0.2, 0) is 0 Å². The minimum atomic E-state index is 0.662. The Morgan fingerprint density at radius 2 is 1.95 bits per heavy atom. The largest absolute Gasteiger partial charge is 0.362 e. The fourth-order valence-electron chi connectivity index (χ4n) is 1.59. The van der Waals surface area contributed by atoms with Crippen LogP contribution in [0.3, 0.4) is 0 Å². The van der Waals surface area contributed by atoms with Crippen LogP contribution in [0.2, 0.25) is 0 Å². The first-order chi connectivity index (χ1) is 10.2. The summed E-state index contributed by atoms with van der Waals surface area (Å²) < 4.78 is 0. The van der Waals surface area contributed by atoms with Crippen LogP contribution in [0, 0.1) is 13.8 Å². The fraction of sp³-hybridized carbons (Fsp3) is 0.188. The maximum atomic E-state index is 4.47. The van der Waals surface area contributed by atoms with Gasteiger partial charge in [-0.05, 0) is 32.1 Å². The van der Waals surface area contributed by atoms with E-state index in [0.29, 0.717) is 5.16 Å². The number of hydrogen-bond donors (Lipinski definition) is 1. The molecule has 4 nitrogen and oxygen atoms in total. The van der Waals surface area contributed by atoms with Crippen LogP contribution in [0.5, 0.6) is 0 Å². The van der Waals surface area contributed by atoms with Crippen molar-refractivity contribution in [2.75, 3.05) is 11.1 Å². The van der Waals surface area contributed by atoms with Gasteiger partial charge in [0.05, 0.1) is 11.4 Å². The summed E-state index contributed by atoms with van der Waals surface area (Å²) in [6.07, 6.45) is 5.59. The number of thioether (sulfide) groups is 1. The topological polar surface area (TPSA) is 50.7 Å². The molecule has 0 aliphatic rings. The number of hydrogen-bond acceptors (Lipinski definition) is 5. The second-order valence-corrected chi connectivity index (χ2v) is 5.50. The normalized spacial score (nSPS) is 10.8. The molecule has 0 radical (unpaired) electrons. The maximum absolute atomic E-state index is 4.47. The van der Waals surface area contributed by atoms with Gasteiger partial charge in [0.1, 0.15) is 0 Å². The van der Waals surface area contributed by atoms with Crippen molar-refractivity contribution in [3.63, 3.8) is 0 Å². The Hall–Kier alpha value is -2.14. The minimum Gasteiger partial charge on any atom is -0.362 e. The van der Waals surface area contributed by atoms with Crippen LogP contribution in [0.1, 0.15) is 17.0 Å². The van der Waals surface area contributed by atoms with Crippen LogP contribution in [0.4, 0.5) is 5.69 Å². The van der Waals surface area contributed by atoms with E-state index in [9.17, 15) is 0 Å². The molecule has 0 saturated carbocycles. The lowest BCUT2D eigenvalue weighted by molar-refractivity contribution is 0.807. The van der Waals surface area contributed by atoms with Gasteiger partial charge < -0.3 is 5.32 Å². The zero-order chi connectivity index (χ0) is 15.1. The Morgan fingerprint density at radius 3 is 2.67 bits per heavy atom. The molecule has 1 aromatic carbocycles. The number of benzene rings is 1. The third-order valence-corrected chi connectivity index (χ3v) is 3.58. The average Bonchev–Trinajstić information content (AvgIpc) is 2.50. The van der Waals surface area contributed by atoms with Crippen LogP contribution >= 0.6 is 11.8 Å². The fourth-order valence-corrected chi connectivity index (χ4v) is 2.12. The first-order valence-electron chi connectivity index (χ1n) is 6.64. The Morgan fingerprint density at radius 1 is 1.19 bits per heavy atom. The molecule has 0 saturated heterocycles. The molecular formula is C16H18N4S. The summed E-state index contributed by atoms with van der Waals surface area (Å²) >= 11 is 1.52. The van der Waals surface area contributed by atoms with Crippen molar-refractivity contribution in [1.29, 1.82) is 0 Å². The molecule has 21 heavy (non-hydrogen) atoms. The van der Waals surface area contributed by atoms with E-state index in [0.717, 1.165) is 22.8 Å². The zero-order valence-electron chi connectivity index (χ0n) is 12.2. The maximum Gasteiger partial charge on any atom is 0.209 e. The van der Waals surface area contributed by atoms with Gasteiger partial charge in [-0.3, -0.25) is 0 Å². The molecule has 0 bridgehead atoms. The van der Waals surface area contributed by atoms with Crippen LogP contribution < -0.4 is 5.32 Å². The SMILES string of the molecule is C=CCSc1nnc(C)c(C=CNc2ccc(C)cc2)n1. The van der Waals surface area contributed by atoms with E-state index < -0.39 is 0 Å². The predicted molar refractivity (Wildman–Crippen MR) is 89.3 cm³/mol. The number of anilines is 1. The van der Waals surface area contributed by atoms with Gasteiger partial charge in [-0.1, -0.05) is 35.5 Å². The van der Waals surface area contributed by atoms with Gasteiger partial charge in [0.15, 0.2) is 0 Å². The van der Waals surface area contributed by atoms with Gasteiger partial charge in [0, 0.05) is 17.6 Å². The molecule has 5 heteroatoms. The molecule has 1 aromatic heterocycles. The third kappa shape index (κ3) is 4.72. The van der Waals surface area contributed by atoms with E-state index in [1.807, 2.05) is 37.4 Å². The van der Waals surface area contributed by atoms with Gasteiger partial charge in [0.2, 0.25) is 5.16 Å². The Bertz CT molecular complexity index is 635. The van der Waals surface area contributed by atoms with E-state index in [1.165, 1.54) is 17.3 Å². The molecule has 0 amide bonds. The summed E-state index contributed by atoms with van der Waals surface area (Å²) in [7, 11) is 0. The molecule has 1 heterocycles. The third-order valence-electron chi connectivity index (χ3n) is 2.75. The highest BCUT2D eigenvalue weighted by molar-refractivity contribution is 7.99. The van der Waals surface area contributed by atoms with Gasteiger partial charge in [0.25, 0.3) is 0 Å². The van der Waals surface area contributed by atoms with Crippen LogP contribution in [0.25, 0.3) is 6.08 Å². The van der Waals surface area contributed by atoms with Crippen molar-refractivity contribution >= 4 is 23.5 Å². The van der Waals surface area contributed by atoms with Crippen molar-refractivity contribution < 1.29 is 0 Å². The summed E-state index contributed by atoms with van der Waals surface area (Å²) in [5, 5.41) is 12.1. The lowest BCUT2D eigenvalue weighted by atomic mass is 10.2. The van der Waals surface area contributed by atoms with Gasteiger partial charge >= 0.3 is 0 Å². The Balaban J connectivity index is 2.05. The van der Waals surface area contributed by atoms with Crippen LogP contribution in [-0.4, -0.2) is 20.9 Å². The number of rotatable bonds is 6.